The molecule has 1 amide bonds. The topological polar surface area (TPSA) is 32.3 Å². The minimum Gasteiger partial charge on any atom is -0.341 e. The van der Waals surface area contributed by atoms with E-state index < -0.39 is 0 Å². The van der Waals surface area contributed by atoms with Gasteiger partial charge in [-0.3, -0.25) is 10.1 Å². The van der Waals surface area contributed by atoms with Crippen molar-refractivity contribution in [3.8, 4) is 0 Å². The molecule has 3 nitrogen and oxygen atoms in total. The van der Waals surface area contributed by atoms with Crippen LogP contribution in [0.25, 0.3) is 0 Å². The molecule has 1 aliphatic heterocycles. The smallest absolute Gasteiger partial charge is 0.239 e. The van der Waals surface area contributed by atoms with Gasteiger partial charge in [0.2, 0.25) is 5.91 Å². The van der Waals surface area contributed by atoms with Gasteiger partial charge in [0.25, 0.3) is 0 Å². The number of nitrogens with one attached hydrogen (secondary N) is 1. The summed E-state index contributed by atoms with van der Waals surface area (Å²) in [6.07, 6.45) is 4.65. The van der Waals surface area contributed by atoms with Gasteiger partial charge in [0.05, 0.1) is 6.04 Å². The molecule has 1 aliphatic rings. The lowest BCUT2D eigenvalue weighted by atomic mass is 10.1. The summed E-state index contributed by atoms with van der Waals surface area (Å²) in [6.45, 7) is 5.65. The first-order valence-corrected chi connectivity index (χ1v) is 7.88. The molecular formula is C17H25FN2O. The van der Waals surface area contributed by atoms with E-state index in [0.29, 0.717) is 0 Å². The van der Waals surface area contributed by atoms with Gasteiger partial charge in [-0.05, 0) is 44.4 Å². The number of nitrogens with zero attached hydrogens (tertiary/aromatic N) is 1. The molecule has 0 spiro atoms. The van der Waals surface area contributed by atoms with Crippen molar-refractivity contribution in [2.75, 3.05) is 13.1 Å². The number of carbonyl (C=O) groups excluding carboxylic acids is 1. The van der Waals surface area contributed by atoms with Gasteiger partial charge in [-0.25, -0.2) is 4.39 Å². The van der Waals surface area contributed by atoms with E-state index in [1.54, 1.807) is 12.1 Å². The second-order valence-electron chi connectivity index (χ2n) is 5.90. The van der Waals surface area contributed by atoms with Gasteiger partial charge in [-0.2, -0.15) is 0 Å². The van der Waals surface area contributed by atoms with E-state index in [-0.39, 0.29) is 23.8 Å². The van der Waals surface area contributed by atoms with Crippen molar-refractivity contribution in [1.82, 2.24) is 10.2 Å². The van der Waals surface area contributed by atoms with Crippen molar-refractivity contribution in [1.29, 1.82) is 0 Å². The third kappa shape index (κ3) is 4.53. The molecule has 0 aromatic heterocycles. The fourth-order valence-electron chi connectivity index (χ4n) is 2.86. The van der Waals surface area contributed by atoms with Gasteiger partial charge in [-0.1, -0.05) is 25.0 Å². The molecule has 1 aromatic rings. The number of amides is 1. The van der Waals surface area contributed by atoms with Crippen molar-refractivity contribution in [3.05, 3.63) is 35.6 Å². The van der Waals surface area contributed by atoms with Gasteiger partial charge in [0.1, 0.15) is 5.82 Å². The Morgan fingerprint density at radius 3 is 2.24 bits per heavy atom. The van der Waals surface area contributed by atoms with E-state index in [0.717, 1.165) is 31.5 Å². The summed E-state index contributed by atoms with van der Waals surface area (Å²) >= 11 is 0. The molecule has 21 heavy (non-hydrogen) atoms. The number of rotatable bonds is 4. The number of hydrogen-bond donors (Lipinski definition) is 1. The van der Waals surface area contributed by atoms with Gasteiger partial charge in [0.15, 0.2) is 0 Å². The maximum absolute atomic E-state index is 12.9. The molecule has 1 fully saturated rings. The van der Waals surface area contributed by atoms with E-state index in [1.165, 1.54) is 25.0 Å². The van der Waals surface area contributed by atoms with Gasteiger partial charge < -0.3 is 4.90 Å². The number of likely N-dealkylation sites (tertiary alicyclic amines) is 1. The van der Waals surface area contributed by atoms with Gasteiger partial charge >= 0.3 is 0 Å². The van der Waals surface area contributed by atoms with Crippen LogP contribution in [0.5, 0.6) is 0 Å². The molecule has 0 saturated carbocycles. The number of halogens is 1. The van der Waals surface area contributed by atoms with Crippen LogP contribution in [0.2, 0.25) is 0 Å². The third-order valence-corrected chi connectivity index (χ3v) is 4.16. The van der Waals surface area contributed by atoms with Crippen molar-refractivity contribution < 1.29 is 9.18 Å². The largest absolute Gasteiger partial charge is 0.341 e. The van der Waals surface area contributed by atoms with Crippen LogP contribution in [0, 0.1) is 5.82 Å². The van der Waals surface area contributed by atoms with Crippen molar-refractivity contribution in [3.63, 3.8) is 0 Å². The zero-order chi connectivity index (χ0) is 15.2. The highest BCUT2D eigenvalue weighted by molar-refractivity contribution is 5.81. The molecule has 2 atom stereocenters. The lowest BCUT2D eigenvalue weighted by Crippen LogP contribution is -2.45. The van der Waals surface area contributed by atoms with E-state index in [4.69, 9.17) is 0 Å². The average molecular weight is 292 g/mol. The Hall–Kier alpha value is -1.42. The number of carbonyl (C=O) groups is 1. The van der Waals surface area contributed by atoms with Crippen molar-refractivity contribution in [2.24, 2.45) is 0 Å². The highest BCUT2D eigenvalue weighted by Crippen LogP contribution is 2.15. The van der Waals surface area contributed by atoms with Crippen LogP contribution in [0.3, 0.4) is 0 Å². The third-order valence-electron chi connectivity index (χ3n) is 4.16. The first-order chi connectivity index (χ1) is 10.1. The Bertz CT molecular complexity index is 452. The predicted molar refractivity (Wildman–Crippen MR) is 82.5 cm³/mol. The molecular weight excluding hydrogens is 267 g/mol. The molecule has 4 heteroatoms. The summed E-state index contributed by atoms with van der Waals surface area (Å²) in [4.78, 5) is 14.4. The van der Waals surface area contributed by atoms with Crippen LogP contribution in [-0.2, 0) is 4.79 Å². The molecule has 2 unspecified atom stereocenters. The van der Waals surface area contributed by atoms with E-state index in [2.05, 4.69) is 5.32 Å². The quantitative estimate of drug-likeness (QED) is 0.923. The summed E-state index contributed by atoms with van der Waals surface area (Å²) < 4.78 is 12.9. The minimum atomic E-state index is -0.236. The lowest BCUT2D eigenvalue weighted by molar-refractivity contribution is -0.133. The average Bonchev–Trinajstić information content (AvgIpc) is 2.76. The lowest BCUT2D eigenvalue weighted by Gasteiger charge is -2.27. The Morgan fingerprint density at radius 2 is 1.67 bits per heavy atom. The van der Waals surface area contributed by atoms with Crippen LogP contribution >= 0.6 is 0 Å². The van der Waals surface area contributed by atoms with Gasteiger partial charge in [-0.15, -0.1) is 0 Å². The fourth-order valence-corrected chi connectivity index (χ4v) is 2.86. The highest BCUT2D eigenvalue weighted by Gasteiger charge is 2.22. The Morgan fingerprint density at radius 1 is 1.10 bits per heavy atom. The molecule has 1 saturated heterocycles. The van der Waals surface area contributed by atoms with E-state index >= 15 is 0 Å². The number of benzene rings is 1. The molecule has 2 rings (SSSR count). The Labute approximate surface area is 126 Å². The van der Waals surface area contributed by atoms with Crippen LogP contribution in [0.4, 0.5) is 4.39 Å². The maximum Gasteiger partial charge on any atom is 0.239 e. The van der Waals surface area contributed by atoms with Crippen LogP contribution < -0.4 is 5.32 Å². The molecule has 0 radical (unpaired) electrons. The van der Waals surface area contributed by atoms with Gasteiger partial charge in [0, 0.05) is 19.1 Å². The van der Waals surface area contributed by atoms with E-state index in [1.807, 2.05) is 18.7 Å². The normalized spacial score (nSPS) is 18.9. The zero-order valence-electron chi connectivity index (χ0n) is 12.9. The molecule has 0 aliphatic carbocycles. The van der Waals surface area contributed by atoms with Crippen LogP contribution in [0.1, 0.15) is 51.1 Å². The molecule has 1 N–H and O–H groups in total. The van der Waals surface area contributed by atoms with Crippen molar-refractivity contribution >= 4 is 5.91 Å². The zero-order valence-corrected chi connectivity index (χ0v) is 12.9. The predicted octanol–water partition coefficient (Wildman–Crippen LogP) is 3.27. The molecule has 116 valence electrons. The van der Waals surface area contributed by atoms with Crippen LogP contribution in [0.15, 0.2) is 24.3 Å². The molecule has 0 bridgehead atoms. The summed E-state index contributed by atoms with van der Waals surface area (Å²) in [6, 6.07) is 6.23. The Balaban J connectivity index is 1.91. The standard InChI is InChI=1S/C17H25FN2O/c1-13(15-7-9-16(18)10-8-15)19-14(2)17(21)20-11-5-3-4-6-12-20/h7-10,13-14,19H,3-6,11-12H2,1-2H3. The molecule has 1 heterocycles. The SMILES string of the molecule is CC(NC(C)c1ccc(F)cc1)C(=O)N1CCCCCC1. The highest BCUT2D eigenvalue weighted by atomic mass is 19.1. The summed E-state index contributed by atoms with van der Waals surface area (Å²) in [7, 11) is 0. The second kappa shape index (κ2) is 7.55. The maximum atomic E-state index is 12.9. The van der Waals surface area contributed by atoms with Crippen LogP contribution in [-0.4, -0.2) is 29.9 Å². The molecule has 1 aromatic carbocycles. The minimum absolute atomic E-state index is 0.0246. The van der Waals surface area contributed by atoms with Crippen molar-refractivity contribution in [2.45, 2.75) is 51.6 Å². The fraction of sp³-hybridized carbons (Fsp3) is 0.588. The monoisotopic (exact) mass is 292 g/mol. The second-order valence-corrected chi connectivity index (χ2v) is 5.90. The Kier molecular flexibility index (Phi) is 5.74. The summed E-state index contributed by atoms with van der Waals surface area (Å²) in [5, 5.41) is 3.32. The first kappa shape index (κ1) is 16.0. The summed E-state index contributed by atoms with van der Waals surface area (Å²) in [5.41, 5.74) is 0.993. The number of hydrogen-bond acceptors (Lipinski definition) is 2. The summed E-state index contributed by atoms with van der Waals surface area (Å²) in [5.74, 6) is -0.0643. The van der Waals surface area contributed by atoms with E-state index in [9.17, 15) is 9.18 Å². The first-order valence-electron chi connectivity index (χ1n) is 7.88.